The highest BCUT2D eigenvalue weighted by molar-refractivity contribution is 7.99. The number of hydrogen-bond acceptors (Lipinski definition) is 6. The number of nitrogens with zero attached hydrogens (tertiary/aromatic N) is 4. The quantitative estimate of drug-likeness (QED) is 0.715. The van der Waals surface area contributed by atoms with Crippen molar-refractivity contribution in [1.82, 2.24) is 19.7 Å². The molecule has 130 valence electrons. The van der Waals surface area contributed by atoms with Gasteiger partial charge in [0.2, 0.25) is 0 Å². The van der Waals surface area contributed by atoms with Gasteiger partial charge in [0.15, 0.2) is 11.0 Å². The van der Waals surface area contributed by atoms with E-state index in [2.05, 4.69) is 28.1 Å². The fourth-order valence-electron chi connectivity index (χ4n) is 2.54. The van der Waals surface area contributed by atoms with Crippen LogP contribution in [0.1, 0.15) is 11.4 Å². The van der Waals surface area contributed by atoms with E-state index in [0.29, 0.717) is 6.61 Å². The van der Waals surface area contributed by atoms with Crippen LogP contribution in [0.2, 0.25) is 0 Å². The molecular formula is C17H24N4O2S. The first-order chi connectivity index (χ1) is 11.7. The predicted molar refractivity (Wildman–Crippen MR) is 94.5 cm³/mol. The normalized spacial score (nSPS) is 15.6. The smallest absolute Gasteiger partial charge is 0.191 e. The van der Waals surface area contributed by atoms with Crippen molar-refractivity contribution in [2.75, 3.05) is 38.6 Å². The standard InChI is InChI=1S/C17H24N4O2S/c1-14-4-3-5-15(12-14)23-13-16-18-19-17(20(16)2)24-11-8-21-6-9-22-10-7-21/h3-5,12H,6-11,13H2,1-2H3. The van der Waals surface area contributed by atoms with Crippen LogP contribution in [0, 0.1) is 6.92 Å². The molecule has 0 spiro atoms. The van der Waals surface area contributed by atoms with E-state index in [-0.39, 0.29) is 0 Å². The number of rotatable bonds is 7. The van der Waals surface area contributed by atoms with E-state index in [0.717, 1.165) is 55.3 Å². The van der Waals surface area contributed by atoms with Gasteiger partial charge in [0, 0.05) is 32.4 Å². The van der Waals surface area contributed by atoms with Gasteiger partial charge in [-0.05, 0) is 24.6 Å². The predicted octanol–water partition coefficient (Wildman–Crippen LogP) is 2.13. The van der Waals surface area contributed by atoms with Crippen LogP contribution in [0.25, 0.3) is 0 Å². The minimum absolute atomic E-state index is 0.428. The maximum Gasteiger partial charge on any atom is 0.191 e. The summed E-state index contributed by atoms with van der Waals surface area (Å²) in [6, 6.07) is 8.03. The van der Waals surface area contributed by atoms with Crippen LogP contribution in [0.4, 0.5) is 0 Å². The van der Waals surface area contributed by atoms with Crippen molar-refractivity contribution in [3.8, 4) is 5.75 Å². The summed E-state index contributed by atoms with van der Waals surface area (Å²) in [6.07, 6.45) is 0. The molecular weight excluding hydrogens is 324 g/mol. The van der Waals surface area contributed by atoms with Crippen LogP contribution in [0.3, 0.4) is 0 Å². The van der Waals surface area contributed by atoms with Crippen molar-refractivity contribution in [3.05, 3.63) is 35.7 Å². The molecule has 0 unspecified atom stereocenters. The first-order valence-electron chi connectivity index (χ1n) is 8.23. The number of aryl methyl sites for hydroxylation is 1. The van der Waals surface area contributed by atoms with Gasteiger partial charge >= 0.3 is 0 Å². The molecule has 1 fully saturated rings. The summed E-state index contributed by atoms with van der Waals surface area (Å²) >= 11 is 1.74. The SMILES string of the molecule is Cc1cccc(OCc2nnc(SCCN3CCOCC3)n2C)c1. The zero-order valence-corrected chi connectivity index (χ0v) is 15.1. The maximum atomic E-state index is 5.81. The van der Waals surface area contributed by atoms with E-state index in [1.165, 1.54) is 5.56 Å². The van der Waals surface area contributed by atoms with Crippen LogP contribution in [0.5, 0.6) is 5.75 Å². The average molecular weight is 348 g/mol. The van der Waals surface area contributed by atoms with Gasteiger partial charge in [-0.25, -0.2) is 0 Å². The molecule has 1 aliphatic rings. The lowest BCUT2D eigenvalue weighted by atomic mass is 10.2. The Hall–Kier alpha value is -1.57. The Labute approximate surface area is 147 Å². The number of thioether (sulfide) groups is 1. The average Bonchev–Trinajstić information content (AvgIpc) is 2.94. The summed E-state index contributed by atoms with van der Waals surface area (Å²) in [4.78, 5) is 2.43. The molecule has 24 heavy (non-hydrogen) atoms. The first-order valence-corrected chi connectivity index (χ1v) is 9.21. The molecule has 1 aromatic heterocycles. The van der Waals surface area contributed by atoms with Crippen molar-refractivity contribution >= 4 is 11.8 Å². The second kappa shape index (κ2) is 8.50. The maximum absolute atomic E-state index is 5.81. The van der Waals surface area contributed by atoms with Crippen LogP contribution in [-0.4, -0.2) is 58.3 Å². The van der Waals surface area contributed by atoms with Gasteiger partial charge < -0.3 is 14.0 Å². The van der Waals surface area contributed by atoms with Crippen LogP contribution in [0.15, 0.2) is 29.4 Å². The van der Waals surface area contributed by atoms with Gasteiger partial charge in [0.05, 0.1) is 13.2 Å². The molecule has 0 atom stereocenters. The van der Waals surface area contributed by atoms with Crippen LogP contribution < -0.4 is 4.74 Å². The lowest BCUT2D eigenvalue weighted by molar-refractivity contribution is 0.0410. The largest absolute Gasteiger partial charge is 0.486 e. The molecule has 0 amide bonds. The van der Waals surface area contributed by atoms with Crippen molar-refractivity contribution < 1.29 is 9.47 Å². The van der Waals surface area contributed by atoms with E-state index in [1.54, 1.807) is 11.8 Å². The number of hydrogen-bond donors (Lipinski definition) is 0. The summed E-state index contributed by atoms with van der Waals surface area (Å²) < 4.78 is 13.2. The third-order valence-corrected chi connectivity index (χ3v) is 5.03. The first kappa shape index (κ1) is 17.3. The third-order valence-electron chi connectivity index (χ3n) is 4.02. The zero-order chi connectivity index (χ0) is 16.8. The Bertz CT molecular complexity index is 656. The van der Waals surface area contributed by atoms with E-state index in [1.807, 2.05) is 29.8 Å². The summed E-state index contributed by atoms with van der Waals surface area (Å²) in [7, 11) is 1.99. The van der Waals surface area contributed by atoms with E-state index in [4.69, 9.17) is 9.47 Å². The molecule has 1 saturated heterocycles. The van der Waals surface area contributed by atoms with Gasteiger partial charge in [-0.15, -0.1) is 10.2 Å². The molecule has 7 heteroatoms. The Balaban J connectivity index is 1.48. The van der Waals surface area contributed by atoms with E-state index >= 15 is 0 Å². The fraction of sp³-hybridized carbons (Fsp3) is 0.529. The van der Waals surface area contributed by atoms with Crippen LogP contribution in [-0.2, 0) is 18.4 Å². The number of ether oxygens (including phenoxy) is 2. The van der Waals surface area contributed by atoms with Gasteiger partial charge in [-0.3, -0.25) is 4.90 Å². The molecule has 1 aromatic carbocycles. The highest BCUT2D eigenvalue weighted by atomic mass is 32.2. The van der Waals surface area contributed by atoms with Crippen molar-refractivity contribution in [2.24, 2.45) is 7.05 Å². The number of benzene rings is 1. The molecule has 1 aliphatic heterocycles. The van der Waals surface area contributed by atoms with Crippen molar-refractivity contribution in [1.29, 1.82) is 0 Å². The Kier molecular flexibility index (Phi) is 6.12. The molecule has 0 bridgehead atoms. The van der Waals surface area contributed by atoms with Crippen LogP contribution >= 0.6 is 11.8 Å². The fourth-order valence-corrected chi connectivity index (χ4v) is 3.47. The minimum atomic E-state index is 0.428. The summed E-state index contributed by atoms with van der Waals surface area (Å²) in [5, 5.41) is 9.47. The molecule has 2 heterocycles. The highest BCUT2D eigenvalue weighted by Gasteiger charge is 2.13. The third kappa shape index (κ3) is 4.72. The van der Waals surface area contributed by atoms with Crippen molar-refractivity contribution in [3.63, 3.8) is 0 Å². The Morgan fingerprint density at radius 1 is 1.25 bits per heavy atom. The lowest BCUT2D eigenvalue weighted by Gasteiger charge is -2.26. The number of morpholine rings is 1. The molecule has 6 nitrogen and oxygen atoms in total. The second-order valence-electron chi connectivity index (χ2n) is 5.87. The number of aromatic nitrogens is 3. The van der Waals surface area contributed by atoms with Gasteiger partial charge in [-0.1, -0.05) is 23.9 Å². The van der Waals surface area contributed by atoms with Gasteiger partial charge in [0.1, 0.15) is 12.4 Å². The van der Waals surface area contributed by atoms with Crippen molar-refractivity contribution in [2.45, 2.75) is 18.7 Å². The molecule has 0 saturated carbocycles. The van der Waals surface area contributed by atoms with E-state index in [9.17, 15) is 0 Å². The monoisotopic (exact) mass is 348 g/mol. The second-order valence-corrected chi connectivity index (χ2v) is 6.93. The highest BCUT2D eigenvalue weighted by Crippen LogP contribution is 2.18. The van der Waals surface area contributed by atoms with Gasteiger partial charge in [0.25, 0.3) is 0 Å². The molecule has 0 N–H and O–H groups in total. The zero-order valence-electron chi connectivity index (χ0n) is 14.3. The molecule has 2 aromatic rings. The van der Waals surface area contributed by atoms with Gasteiger partial charge in [-0.2, -0.15) is 0 Å². The lowest BCUT2D eigenvalue weighted by Crippen LogP contribution is -2.37. The summed E-state index contributed by atoms with van der Waals surface area (Å²) in [5.41, 5.74) is 1.19. The Morgan fingerprint density at radius 2 is 2.08 bits per heavy atom. The summed E-state index contributed by atoms with van der Waals surface area (Å²) in [6.45, 7) is 7.26. The topological polar surface area (TPSA) is 52.4 Å². The molecule has 0 radical (unpaired) electrons. The van der Waals surface area contributed by atoms with E-state index < -0.39 is 0 Å². The molecule has 3 rings (SSSR count). The molecule has 0 aliphatic carbocycles. The summed E-state index contributed by atoms with van der Waals surface area (Å²) in [5.74, 6) is 2.70. The Morgan fingerprint density at radius 3 is 2.88 bits per heavy atom. The minimum Gasteiger partial charge on any atom is -0.486 e.